The molecule has 0 unspecified atom stereocenters. The summed E-state index contributed by atoms with van der Waals surface area (Å²) in [5.41, 5.74) is 2.26. The van der Waals surface area contributed by atoms with Gasteiger partial charge in [0.15, 0.2) is 0 Å². The predicted molar refractivity (Wildman–Crippen MR) is 121 cm³/mol. The van der Waals surface area contributed by atoms with E-state index in [1.54, 1.807) is 37.6 Å². The van der Waals surface area contributed by atoms with E-state index in [0.29, 0.717) is 44.9 Å². The third kappa shape index (κ3) is 6.24. The number of methoxy groups -OCH3 is 1. The van der Waals surface area contributed by atoms with E-state index < -0.39 is 11.8 Å². The first-order valence-corrected chi connectivity index (χ1v) is 10.7. The van der Waals surface area contributed by atoms with E-state index >= 15 is 0 Å². The third-order valence-electron chi connectivity index (χ3n) is 5.41. The van der Waals surface area contributed by atoms with Crippen LogP contribution in [0.15, 0.2) is 36.5 Å². The number of hydrogen-bond donors (Lipinski definition) is 2. The maximum atomic E-state index is 14.6. The number of anilines is 2. The van der Waals surface area contributed by atoms with Crippen LogP contribution in [0.25, 0.3) is 0 Å². The van der Waals surface area contributed by atoms with E-state index in [1.807, 2.05) is 18.7 Å². The Labute approximate surface area is 187 Å². The molecule has 1 aromatic carbocycles. The van der Waals surface area contributed by atoms with E-state index in [9.17, 15) is 14.0 Å². The molecule has 0 radical (unpaired) electrons. The average Bonchev–Trinajstić information content (AvgIpc) is 2.77. The van der Waals surface area contributed by atoms with Gasteiger partial charge in [0.25, 0.3) is 0 Å². The van der Waals surface area contributed by atoms with Gasteiger partial charge in [-0.15, -0.1) is 0 Å². The quantitative estimate of drug-likeness (QED) is 0.686. The van der Waals surface area contributed by atoms with Gasteiger partial charge in [-0.3, -0.25) is 14.7 Å². The smallest absolute Gasteiger partial charge is 0.323 e. The highest BCUT2D eigenvalue weighted by atomic mass is 19.1. The van der Waals surface area contributed by atoms with Gasteiger partial charge in [0.1, 0.15) is 5.82 Å². The summed E-state index contributed by atoms with van der Waals surface area (Å²) in [6.07, 6.45) is 2.01. The molecule has 2 aromatic rings. The lowest BCUT2D eigenvalue weighted by molar-refractivity contribution is -0.137. The predicted octanol–water partition coefficient (Wildman–Crippen LogP) is 3.24. The van der Waals surface area contributed by atoms with Gasteiger partial charge < -0.3 is 20.3 Å². The molecule has 2 heterocycles. The summed E-state index contributed by atoms with van der Waals surface area (Å²) in [5, 5.41) is 5.15. The maximum Gasteiger partial charge on any atom is 0.323 e. The van der Waals surface area contributed by atoms with Crippen LogP contribution in [-0.4, -0.2) is 66.1 Å². The second-order valence-corrected chi connectivity index (χ2v) is 7.87. The Morgan fingerprint density at radius 2 is 2.03 bits per heavy atom. The van der Waals surface area contributed by atoms with Crippen LogP contribution >= 0.6 is 0 Å². The number of nitrogens with one attached hydrogen (secondary N) is 2. The van der Waals surface area contributed by atoms with E-state index in [1.165, 1.54) is 6.07 Å². The molecule has 3 amide bonds. The molecule has 0 bridgehead atoms. The number of aryl methyl sites for hydroxylation is 1. The summed E-state index contributed by atoms with van der Waals surface area (Å²) in [4.78, 5) is 32.5. The molecule has 32 heavy (non-hydrogen) atoms. The Balaban J connectivity index is 1.58. The van der Waals surface area contributed by atoms with Crippen LogP contribution in [-0.2, 0) is 16.1 Å². The normalized spacial score (nSPS) is 16.6. The fourth-order valence-corrected chi connectivity index (χ4v) is 3.77. The van der Waals surface area contributed by atoms with E-state index in [0.717, 1.165) is 11.3 Å². The van der Waals surface area contributed by atoms with Crippen LogP contribution < -0.4 is 10.6 Å². The van der Waals surface area contributed by atoms with Crippen molar-refractivity contribution in [2.45, 2.75) is 32.9 Å². The monoisotopic (exact) mass is 443 g/mol. The van der Waals surface area contributed by atoms with Crippen molar-refractivity contribution in [1.82, 2.24) is 14.8 Å². The number of aromatic nitrogens is 1. The van der Waals surface area contributed by atoms with Crippen molar-refractivity contribution in [2.75, 3.05) is 44.0 Å². The number of ether oxygens (including phenoxy) is 1. The summed E-state index contributed by atoms with van der Waals surface area (Å²) in [7, 11) is 1.63. The summed E-state index contributed by atoms with van der Waals surface area (Å²) >= 11 is 0. The van der Waals surface area contributed by atoms with E-state index in [4.69, 9.17) is 4.74 Å². The van der Waals surface area contributed by atoms with Gasteiger partial charge in [-0.2, -0.15) is 0 Å². The Morgan fingerprint density at radius 3 is 2.69 bits per heavy atom. The number of urea groups is 1. The highest BCUT2D eigenvalue weighted by molar-refractivity contribution is 5.99. The molecule has 1 aliphatic heterocycles. The number of benzene rings is 1. The minimum absolute atomic E-state index is 0.0213. The van der Waals surface area contributed by atoms with Crippen LogP contribution in [0.5, 0.6) is 0 Å². The van der Waals surface area contributed by atoms with Crippen LogP contribution in [0.3, 0.4) is 0 Å². The molecule has 9 heteroatoms. The van der Waals surface area contributed by atoms with Crippen LogP contribution in [0.2, 0.25) is 0 Å². The SMILES string of the molecule is CCC(=O)N1CCN(Cc2ccc(NC(=O)Nc3ccc(C)nc3)c(F)c2)C[C@H]1COC. The number of hydrogen-bond acceptors (Lipinski definition) is 5. The Kier molecular flexibility index (Phi) is 8.13. The van der Waals surface area contributed by atoms with Gasteiger partial charge in [0.05, 0.1) is 30.2 Å². The topological polar surface area (TPSA) is 86.8 Å². The zero-order valence-corrected chi connectivity index (χ0v) is 18.7. The molecule has 1 saturated heterocycles. The van der Waals surface area contributed by atoms with Gasteiger partial charge in [-0.05, 0) is 36.8 Å². The van der Waals surface area contributed by atoms with Crippen molar-refractivity contribution in [2.24, 2.45) is 0 Å². The fourth-order valence-electron chi connectivity index (χ4n) is 3.77. The molecule has 1 aliphatic rings. The third-order valence-corrected chi connectivity index (χ3v) is 5.41. The first kappa shape index (κ1) is 23.6. The minimum Gasteiger partial charge on any atom is -0.382 e. The van der Waals surface area contributed by atoms with Gasteiger partial charge in [-0.1, -0.05) is 13.0 Å². The van der Waals surface area contributed by atoms with Crippen LogP contribution in [0.4, 0.5) is 20.6 Å². The lowest BCUT2D eigenvalue weighted by Crippen LogP contribution is -2.56. The Bertz CT molecular complexity index is 938. The second-order valence-electron chi connectivity index (χ2n) is 7.87. The minimum atomic E-state index is -0.540. The number of rotatable bonds is 7. The summed E-state index contributed by atoms with van der Waals surface area (Å²) in [6, 6.07) is 7.72. The Morgan fingerprint density at radius 1 is 1.22 bits per heavy atom. The molecular formula is C23H30FN5O3. The van der Waals surface area contributed by atoms with Gasteiger partial charge >= 0.3 is 6.03 Å². The summed E-state index contributed by atoms with van der Waals surface area (Å²) < 4.78 is 19.9. The molecule has 3 rings (SSSR count). The van der Waals surface area contributed by atoms with Crippen molar-refractivity contribution in [1.29, 1.82) is 0 Å². The lowest BCUT2D eigenvalue weighted by Gasteiger charge is -2.41. The van der Waals surface area contributed by atoms with E-state index in [2.05, 4.69) is 20.5 Å². The number of nitrogens with zero attached hydrogens (tertiary/aromatic N) is 3. The molecule has 0 saturated carbocycles. The lowest BCUT2D eigenvalue weighted by atomic mass is 10.1. The molecule has 172 valence electrons. The number of pyridine rings is 1. The van der Waals surface area contributed by atoms with Crippen molar-refractivity contribution in [3.05, 3.63) is 53.6 Å². The van der Waals surface area contributed by atoms with Crippen LogP contribution in [0.1, 0.15) is 24.6 Å². The zero-order valence-electron chi connectivity index (χ0n) is 18.7. The van der Waals surface area contributed by atoms with Crippen molar-refractivity contribution >= 4 is 23.3 Å². The zero-order chi connectivity index (χ0) is 23.1. The molecular weight excluding hydrogens is 413 g/mol. The molecule has 1 atom stereocenters. The standard InChI is InChI=1S/C23H30FN5O3/c1-4-22(30)29-10-9-28(14-19(29)15-32-3)13-17-6-8-21(20(24)11-17)27-23(31)26-18-7-5-16(2)25-12-18/h5-8,11-12,19H,4,9-10,13-15H2,1-3H3,(H2,26,27,31)/t19-/m0/s1. The van der Waals surface area contributed by atoms with Crippen molar-refractivity contribution in [3.8, 4) is 0 Å². The molecule has 0 aliphatic carbocycles. The molecule has 2 N–H and O–H groups in total. The van der Waals surface area contributed by atoms with Gasteiger partial charge in [-0.25, -0.2) is 9.18 Å². The second kappa shape index (κ2) is 11.0. The summed E-state index contributed by atoms with van der Waals surface area (Å²) in [6.45, 7) is 6.71. The average molecular weight is 444 g/mol. The summed E-state index contributed by atoms with van der Waals surface area (Å²) in [5.74, 6) is -0.388. The number of halogens is 1. The number of carbonyl (C=O) groups excluding carboxylic acids is 2. The molecule has 1 fully saturated rings. The van der Waals surface area contributed by atoms with Gasteiger partial charge in [0, 0.05) is 45.4 Å². The molecule has 1 aromatic heterocycles. The van der Waals surface area contributed by atoms with Crippen molar-refractivity contribution in [3.63, 3.8) is 0 Å². The fraction of sp³-hybridized carbons (Fsp3) is 0.435. The largest absolute Gasteiger partial charge is 0.382 e. The van der Waals surface area contributed by atoms with Gasteiger partial charge in [0.2, 0.25) is 5.91 Å². The maximum absolute atomic E-state index is 14.6. The first-order valence-electron chi connectivity index (χ1n) is 10.7. The Hall–Kier alpha value is -3.04. The van der Waals surface area contributed by atoms with E-state index in [-0.39, 0.29) is 17.6 Å². The molecule has 0 spiro atoms. The van der Waals surface area contributed by atoms with Crippen molar-refractivity contribution < 1.29 is 18.7 Å². The van der Waals surface area contributed by atoms with Crippen LogP contribution in [0, 0.1) is 12.7 Å². The first-order chi connectivity index (χ1) is 15.4. The highest BCUT2D eigenvalue weighted by Gasteiger charge is 2.29. The molecule has 8 nitrogen and oxygen atoms in total. The number of piperazine rings is 1. The highest BCUT2D eigenvalue weighted by Crippen LogP contribution is 2.20. The number of carbonyl (C=O) groups is 2. The number of amides is 3.